The molecule has 0 saturated heterocycles. The molecule has 0 bridgehead atoms. The summed E-state index contributed by atoms with van der Waals surface area (Å²) in [6.07, 6.45) is -1.09. The Morgan fingerprint density at radius 3 is 2.27 bits per heavy atom. The van der Waals surface area contributed by atoms with Gasteiger partial charge in [0.1, 0.15) is 17.4 Å². The number of amides is 2. The number of non-ortho nitro benzene ring substituents is 1. The average molecular weight is 367 g/mol. The molecule has 2 amide bonds. The summed E-state index contributed by atoms with van der Waals surface area (Å²) < 4.78 is 10.2. The van der Waals surface area contributed by atoms with Crippen LogP contribution in [0.25, 0.3) is 0 Å². The molecule has 0 saturated carbocycles. The zero-order chi connectivity index (χ0) is 19.9. The van der Waals surface area contributed by atoms with E-state index in [4.69, 9.17) is 15.2 Å². The van der Waals surface area contributed by atoms with Crippen LogP contribution in [0, 0.1) is 10.1 Å². The minimum absolute atomic E-state index is 0.0515. The highest BCUT2D eigenvalue weighted by atomic mass is 16.6. The van der Waals surface area contributed by atoms with Gasteiger partial charge >= 0.3 is 12.1 Å². The fourth-order valence-electron chi connectivity index (χ4n) is 1.81. The van der Waals surface area contributed by atoms with Crippen molar-refractivity contribution in [3.8, 4) is 5.75 Å². The summed E-state index contributed by atoms with van der Waals surface area (Å²) in [6.45, 7) is 4.96. The van der Waals surface area contributed by atoms with Gasteiger partial charge < -0.3 is 20.5 Å². The lowest BCUT2D eigenvalue weighted by Crippen LogP contribution is -2.45. The number of ether oxygens (including phenoxy) is 2. The Labute approximate surface area is 149 Å². The Morgan fingerprint density at radius 2 is 1.81 bits per heavy atom. The first-order valence-electron chi connectivity index (χ1n) is 7.72. The monoisotopic (exact) mass is 367 g/mol. The van der Waals surface area contributed by atoms with E-state index in [0.717, 1.165) is 0 Å². The third-order valence-electron chi connectivity index (χ3n) is 2.92. The molecule has 0 aliphatic carbocycles. The molecule has 1 atom stereocenters. The number of benzene rings is 1. The topological polar surface area (TPSA) is 151 Å². The summed E-state index contributed by atoms with van der Waals surface area (Å²) in [6, 6.07) is 3.65. The number of nitrogens with zero attached hydrogens (tertiary/aromatic N) is 1. The predicted molar refractivity (Wildman–Crippen MR) is 90.3 cm³/mol. The molecule has 0 fully saturated rings. The van der Waals surface area contributed by atoms with Gasteiger partial charge in [-0.1, -0.05) is 0 Å². The molecule has 0 spiro atoms. The Bertz CT molecular complexity index is 680. The average Bonchev–Trinajstić information content (AvgIpc) is 2.49. The van der Waals surface area contributed by atoms with Gasteiger partial charge in [-0.25, -0.2) is 9.59 Å². The third-order valence-corrected chi connectivity index (χ3v) is 2.92. The Kier molecular flexibility index (Phi) is 7.06. The van der Waals surface area contributed by atoms with E-state index < -0.39 is 34.5 Å². The third kappa shape index (κ3) is 7.60. The van der Waals surface area contributed by atoms with Crippen LogP contribution in [0.15, 0.2) is 24.3 Å². The fourth-order valence-corrected chi connectivity index (χ4v) is 1.81. The molecule has 1 rings (SSSR count). The largest absolute Gasteiger partial charge is 0.444 e. The molecular weight excluding hydrogens is 346 g/mol. The van der Waals surface area contributed by atoms with Crippen molar-refractivity contribution < 1.29 is 28.8 Å². The molecule has 10 nitrogen and oxygen atoms in total. The highest BCUT2D eigenvalue weighted by molar-refractivity contribution is 5.84. The number of nitro benzene ring substituents is 1. The Hall–Kier alpha value is -3.17. The number of esters is 1. The second kappa shape index (κ2) is 8.79. The summed E-state index contributed by atoms with van der Waals surface area (Å²) in [5, 5.41) is 12.9. The molecule has 0 radical (unpaired) electrons. The number of carbonyl (C=O) groups excluding carboxylic acids is 3. The van der Waals surface area contributed by atoms with Crippen molar-refractivity contribution >= 4 is 23.7 Å². The first-order chi connectivity index (χ1) is 12.0. The number of carbonyl (C=O) groups is 3. The predicted octanol–water partition coefficient (Wildman–Crippen LogP) is 1.66. The van der Waals surface area contributed by atoms with Crippen molar-refractivity contribution in [2.24, 2.45) is 5.73 Å². The minimum atomic E-state index is -1.17. The second-order valence-corrected chi connectivity index (χ2v) is 6.38. The molecule has 0 aliphatic rings. The number of hydrogen-bond donors (Lipinski definition) is 2. The van der Waals surface area contributed by atoms with Crippen LogP contribution in [0.2, 0.25) is 0 Å². The van der Waals surface area contributed by atoms with Gasteiger partial charge in [0.25, 0.3) is 5.69 Å². The number of hydrogen-bond acceptors (Lipinski definition) is 7. The van der Waals surface area contributed by atoms with Crippen molar-refractivity contribution in [1.82, 2.24) is 5.32 Å². The van der Waals surface area contributed by atoms with E-state index in [1.165, 1.54) is 24.3 Å². The Balaban J connectivity index is 2.80. The maximum Gasteiger partial charge on any atom is 0.408 e. The quantitative estimate of drug-likeness (QED) is 0.322. The second-order valence-electron chi connectivity index (χ2n) is 6.38. The number of nitrogens with two attached hydrogens (primary N) is 1. The van der Waals surface area contributed by atoms with E-state index >= 15 is 0 Å². The highest BCUT2D eigenvalue weighted by Gasteiger charge is 2.26. The van der Waals surface area contributed by atoms with Crippen LogP contribution in [0.5, 0.6) is 5.75 Å². The van der Waals surface area contributed by atoms with Crippen LogP contribution in [0.4, 0.5) is 10.5 Å². The molecule has 26 heavy (non-hydrogen) atoms. The lowest BCUT2D eigenvalue weighted by molar-refractivity contribution is -0.384. The van der Waals surface area contributed by atoms with Crippen LogP contribution < -0.4 is 15.8 Å². The molecule has 3 N–H and O–H groups in total. The summed E-state index contributed by atoms with van der Waals surface area (Å²) in [4.78, 5) is 45.1. The maximum atomic E-state index is 12.3. The standard InChI is InChI=1S/C16H21N3O7/c1-16(2,3)26-15(22)18-12(8-9-13(17)20)14(21)25-11-6-4-10(5-7-11)19(23)24/h4-7,12H,8-9H2,1-3H3,(H2,17,20)(H,18,22). The van der Waals surface area contributed by atoms with Gasteiger partial charge in [0, 0.05) is 18.6 Å². The van der Waals surface area contributed by atoms with Crippen LogP contribution in [0.1, 0.15) is 33.6 Å². The summed E-state index contributed by atoms with van der Waals surface area (Å²) in [5.74, 6) is -1.45. The number of primary amides is 1. The van der Waals surface area contributed by atoms with Crippen LogP contribution in [-0.2, 0) is 14.3 Å². The molecule has 0 aromatic heterocycles. The molecule has 0 aliphatic heterocycles. The van der Waals surface area contributed by atoms with Gasteiger partial charge in [-0.2, -0.15) is 0 Å². The zero-order valence-corrected chi connectivity index (χ0v) is 14.7. The van der Waals surface area contributed by atoms with E-state index in [-0.39, 0.29) is 24.3 Å². The van der Waals surface area contributed by atoms with Gasteiger partial charge in [-0.3, -0.25) is 14.9 Å². The van der Waals surface area contributed by atoms with Gasteiger partial charge in [0.2, 0.25) is 5.91 Å². The van der Waals surface area contributed by atoms with E-state index in [9.17, 15) is 24.5 Å². The first-order valence-corrected chi connectivity index (χ1v) is 7.72. The molecule has 1 aromatic rings. The summed E-state index contributed by atoms with van der Waals surface area (Å²) in [5.41, 5.74) is 4.13. The normalized spacial score (nSPS) is 12.0. The number of alkyl carbamates (subject to hydrolysis) is 1. The SMILES string of the molecule is CC(C)(C)OC(=O)NC(CCC(N)=O)C(=O)Oc1ccc([N+](=O)[O-])cc1. The van der Waals surface area contributed by atoms with Crippen molar-refractivity contribution in [3.05, 3.63) is 34.4 Å². The minimum Gasteiger partial charge on any atom is -0.444 e. The van der Waals surface area contributed by atoms with E-state index in [2.05, 4.69) is 5.32 Å². The van der Waals surface area contributed by atoms with E-state index in [0.29, 0.717) is 0 Å². The zero-order valence-electron chi connectivity index (χ0n) is 14.7. The smallest absolute Gasteiger partial charge is 0.408 e. The molecule has 10 heteroatoms. The van der Waals surface area contributed by atoms with Gasteiger partial charge in [0.05, 0.1) is 4.92 Å². The maximum absolute atomic E-state index is 12.3. The number of nitrogens with one attached hydrogen (secondary N) is 1. The van der Waals surface area contributed by atoms with Gasteiger partial charge in [0.15, 0.2) is 0 Å². The molecule has 0 heterocycles. The van der Waals surface area contributed by atoms with Crippen LogP contribution in [-0.4, -0.2) is 34.5 Å². The fraction of sp³-hybridized carbons (Fsp3) is 0.438. The molecule has 142 valence electrons. The summed E-state index contributed by atoms with van der Waals surface area (Å²) >= 11 is 0. The van der Waals surface area contributed by atoms with Crippen LogP contribution >= 0.6 is 0 Å². The Morgan fingerprint density at radius 1 is 1.23 bits per heavy atom. The molecule has 1 aromatic carbocycles. The van der Waals surface area contributed by atoms with Crippen molar-refractivity contribution in [2.45, 2.75) is 45.3 Å². The van der Waals surface area contributed by atoms with Crippen LogP contribution in [0.3, 0.4) is 0 Å². The molecule has 1 unspecified atom stereocenters. The van der Waals surface area contributed by atoms with Gasteiger partial charge in [-0.05, 0) is 39.3 Å². The first kappa shape index (κ1) is 20.9. The van der Waals surface area contributed by atoms with E-state index in [1.807, 2.05) is 0 Å². The lowest BCUT2D eigenvalue weighted by atomic mass is 10.1. The highest BCUT2D eigenvalue weighted by Crippen LogP contribution is 2.18. The number of rotatable bonds is 7. The number of nitro groups is 1. The van der Waals surface area contributed by atoms with Crippen molar-refractivity contribution in [3.63, 3.8) is 0 Å². The summed E-state index contributed by atoms with van der Waals surface area (Å²) in [7, 11) is 0. The molecular formula is C16H21N3O7. The lowest BCUT2D eigenvalue weighted by Gasteiger charge is -2.22. The van der Waals surface area contributed by atoms with Crippen molar-refractivity contribution in [2.75, 3.05) is 0 Å². The van der Waals surface area contributed by atoms with E-state index in [1.54, 1.807) is 20.8 Å². The van der Waals surface area contributed by atoms with Crippen molar-refractivity contribution in [1.29, 1.82) is 0 Å². The van der Waals surface area contributed by atoms with Gasteiger partial charge in [-0.15, -0.1) is 0 Å².